The number of amidine groups is 1. The number of halogens is 5. The average Bonchev–Trinajstić information content (AvgIpc) is 2.87. The maximum atomic E-state index is 13.6. The fraction of sp³-hybridized carbons (Fsp3) is 0.217. The maximum Gasteiger partial charge on any atom is 0.458 e. The van der Waals surface area contributed by atoms with Gasteiger partial charge in [0.1, 0.15) is 5.69 Å². The SMILES string of the molecule is CCS(=O)(=O)c1cc(-c2cccc(C#N)c2)cnc1C(=Nc1ccc(C(F)(F)C(F)(F)F)cn1)NOC. The third-order valence-corrected chi connectivity index (χ3v) is 6.75. The van der Waals surface area contributed by atoms with Crippen molar-refractivity contribution in [3.8, 4) is 17.2 Å². The highest BCUT2D eigenvalue weighted by Crippen LogP contribution is 2.43. The smallest absolute Gasteiger partial charge is 0.278 e. The molecule has 194 valence electrons. The van der Waals surface area contributed by atoms with Gasteiger partial charge in [-0.2, -0.15) is 27.2 Å². The molecule has 0 atom stereocenters. The van der Waals surface area contributed by atoms with Gasteiger partial charge in [0, 0.05) is 23.5 Å². The summed E-state index contributed by atoms with van der Waals surface area (Å²) in [4.78, 5) is 16.3. The van der Waals surface area contributed by atoms with Crippen LogP contribution >= 0.6 is 0 Å². The van der Waals surface area contributed by atoms with Crippen LogP contribution in [0, 0.1) is 11.3 Å². The second-order valence-corrected chi connectivity index (χ2v) is 9.66. The van der Waals surface area contributed by atoms with Crippen LogP contribution in [0.3, 0.4) is 0 Å². The predicted molar refractivity (Wildman–Crippen MR) is 123 cm³/mol. The van der Waals surface area contributed by atoms with Crippen LogP contribution < -0.4 is 5.48 Å². The summed E-state index contributed by atoms with van der Waals surface area (Å²) in [6.45, 7) is 1.41. The number of pyridine rings is 2. The van der Waals surface area contributed by atoms with E-state index < -0.39 is 27.5 Å². The molecule has 1 N–H and O–H groups in total. The van der Waals surface area contributed by atoms with Crippen molar-refractivity contribution in [2.24, 2.45) is 4.99 Å². The van der Waals surface area contributed by atoms with E-state index >= 15 is 0 Å². The number of hydroxylamine groups is 1. The van der Waals surface area contributed by atoms with Crippen LogP contribution in [0.25, 0.3) is 11.1 Å². The second kappa shape index (κ2) is 10.6. The fourth-order valence-corrected chi connectivity index (χ4v) is 4.14. The lowest BCUT2D eigenvalue weighted by molar-refractivity contribution is -0.289. The monoisotopic (exact) mass is 539 g/mol. The Morgan fingerprint density at radius 1 is 1.08 bits per heavy atom. The topological polar surface area (TPSA) is 117 Å². The number of nitrogens with zero attached hydrogens (tertiary/aromatic N) is 4. The highest BCUT2D eigenvalue weighted by molar-refractivity contribution is 7.91. The second-order valence-electron chi connectivity index (χ2n) is 7.41. The van der Waals surface area contributed by atoms with Crippen LogP contribution in [0.1, 0.15) is 23.7 Å². The Balaban J connectivity index is 2.13. The molecule has 14 heteroatoms. The molecule has 0 amide bonds. The Hall–Kier alpha value is -3.96. The van der Waals surface area contributed by atoms with E-state index in [-0.39, 0.29) is 28.0 Å². The largest absolute Gasteiger partial charge is 0.458 e. The van der Waals surface area contributed by atoms with Gasteiger partial charge in [-0.1, -0.05) is 19.1 Å². The third-order valence-electron chi connectivity index (χ3n) is 5.01. The van der Waals surface area contributed by atoms with E-state index in [2.05, 4.69) is 20.4 Å². The van der Waals surface area contributed by atoms with Gasteiger partial charge in [0.05, 0.1) is 29.4 Å². The molecular weight excluding hydrogens is 521 g/mol. The van der Waals surface area contributed by atoms with Crippen molar-refractivity contribution in [2.75, 3.05) is 12.9 Å². The summed E-state index contributed by atoms with van der Waals surface area (Å²) < 4.78 is 90.8. The molecule has 8 nitrogen and oxygen atoms in total. The summed E-state index contributed by atoms with van der Waals surface area (Å²) in [7, 11) is -2.74. The lowest BCUT2D eigenvalue weighted by atomic mass is 10.0. The molecule has 0 saturated heterocycles. The molecule has 2 heterocycles. The van der Waals surface area contributed by atoms with E-state index in [1.165, 1.54) is 26.3 Å². The molecule has 0 aliphatic rings. The number of rotatable bonds is 7. The Kier molecular flexibility index (Phi) is 7.89. The number of nitrogens with one attached hydrogen (secondary N) is 1. The molecule has 0 spiro atoms. The molecule has 37 heavy (non-hydrogen) atoms. The van der Waals surface area contributed by atoms with Crippen molar-refractivity contribution in [3.05, 3.63) is 71.7 Å². The number of sulfone groups is 1. The zero-order valence-corrected chi connectivity index (χ0v) is 20.0. The molecule has 1 aromatic carbocycles. The normalized spacial score (nSPS) is 12.8. The lowest BCUT2D eigenvalue weighted by Crippen LogP contribution is -2.33. The van der Waals surface area contributed by atoms with Crippen molar-refractivity contribution >= 4 is 21.5 Å². The first-order valence-electron chi connectivity index (χ1n) is 10.4. The van der Waals surface area contributed by atoms with Gasteiger partial charge >= 0.3 is 12.1 Å². The Morgan fingerprint density at radius 3 is 2.38 bits per heavy atom. The highest BCUT2D eigenvalue weighted by atomic mass is 32.2. The molecule has 0 aliphatic carbocycles. The van der Waals surface area contributed by atoms with Gasteiger partial charge in [0.25, 0.3) is 0 Å². The molecule has 0 unspecified atom stereocenters. The molecule has 0 radical (unpaired) electrons. The Morgan fingerprint density at radius 2 is 1.81 bits per heavy atom. The first-order chi connectivity index (χ1) is 17.3. The Bertz CT molecular complexity index is 1470. The van der Waals surface area contributed by atoms with Gasteiger partial charge < -0.3 is 0 Å². The van der Waals surface area contributed by atoms with Gasteiger partial charge in [0.2, 0.25) is 0 Å². The molecule has 0 aliphatic heterocycles. The number of nitriles is 1. The van der Waals surface area contributed by atoms with E-state index in [9.17, 15) is 30.4 Å². The molecule has 2 aromatic heterocycles. The predicted octanol–water partition coefficient (Wildman–Crippen LogP) is 4.69. The maximum absolute atomic E-state index is 13.6. The van der Waals surface area contributed by atoms with Gasteiger partial charge in [-0.25, -0.2) is 23.9 Å². The number of aliphatic imine (C=N–C) groups is 1. The summed E-state index contributed by atoms with van der Waals surface area (Å²) in [5.41, 5.74) is 1.98. The molecule has 0 fully saturated rings. The van der Waals surface area contributed by atoms with Crippen molar-refractivity contribution in [1.82, 2.24) is 15.4 Å². The zero-order chi connectivity index (χ0) is 27.4. The summed E-state index contributed by atoms with van der Waals surface area (Å²) in [5.74, 6) is -6.06. The molecule has 0 bridgehead atoms. The zero-order valence-electron chi connectivity index (χ0n) is 19.2. The molecular formula is C23H18F5N5O3S. The van der Waals surface area contributed by atoms with Gasteiger partial charge in [-0.3, -0.25) is 9.82 Å². The molecule has 3 aromatic rings. The van der Waals surface area contributed by atoms with Crippen LogP contribution in [0.15, 0.2) is 64.7 Å². The van der Waals surface area contributed by atoms with E-state index in [0.29, 0.717) is 29.0 Å². The summed E-state index contributed by atoms with van der Waals surface area (Å²) >= 11 is 0. The number of hydrogen-bond acceptors (Lipinski definition) is 7. The summed E-state index contributed by atoms with van der Waals surface area (Å²) in [6, 6.07) is 11.0. The fourth-order valence-electron chi connectivity index (χ4n) is 3.08. The van der Waals surface area contributed by atoms with E-state index in [0.717, 1.165) is 6.07 Å². The first kappa shape index (κ1) is 27.6. The summed E-state index contributed by atoms with van der Waals surface area (Å²) in [6.07, 6.45) is -4.17. The number of benzene rings is 1. The van der Waals surface area contributed by atoms with Gasteiger partial charge in [0.15, 0.2) is 21.5 Å². The van der Waals surface area contributed by atoms with Crippen LogP contribution in [-0.2, 0) is 20.6 Å². The van der Waals surface area contributed by atoms with E-state index in [4.69, 9.17) is 10.1 Å². The van der Waals surface area contributed by atoms with Crippen molar-refractivity contribution < 1.29 is 35.2 Å². The van der Waals surface area contributed by atoms with Crippen molar-refractivity contribution in [1.29, 1.82) is 5.26 Å². The van der Waals surface area contributed by atoms with Gasteiger partial charge in [-0.05, 0) is 35.9 Å². The minimum atomic E-state index is -5.82. The summed E-state index contributed by atoms with van der Waals surface area (Å²) in [5, 5.41) is 9.15. The number of alkyl halides is 5. The minimum Gasteiger partial charge on any atom is -0.278 e. The quantitative estimate of drug-likeness (QED) is 0.200. The van der Waals surface area contributed by atoms with Crippen molar-refractivity contribution in [3.63, 3.8) is 0 Å². The van der Waals surface area contributed by atoms with E-state index in [1.807, 2.05) is 6.07 Å². The standard InChI is InChI=1S/C23H18F5N5O3S/c1-3-37(34,35)18-10-16(15-6-4-5-14(9-15)11-29)12-31-20(18)21(33-36-2)32-19-8-7-17(13-30-19)22(24,25)23(26,27)28/h4-10,12-13H,3H2,1-2H3,(H,30,32,33). The highest BCUT2D eigenvalue weighted by Gasteiger charge is 2.58. The third kappa shape index (κ3) is 5.89. The van der Waals surface area contributed by atoms with Crippen LogP contribution in [-0.4, -0.2) is 43.3 Å². The number of aromatic nitrogens is 2. The lowest BCUT2D eigenvalue weighted by Gasteiger charge is -2.19. The molecule has 3 rings (SSSR count). The van der Waals surface area contributed by atoms with Crippen LogP contribution in [0.2, 0.25) is 0 Å². The van der Waals surface area contributed by atoms with Crippen molar-refractivity contribution in [2.45, 2.75) is 23.9 Å². The van der Waals surface area contributed by atoms with E-state index in [1.54, 1.807) is 24.3 Å². The Labute approximate surface area is 208 Å². The molecule has 0 saturated carbocycles. The average molecular weight is 539 g/mol. The first-order valence-corrected chi connectivity index (χ1v) is 12.0. The van der Waals surface area contributed by atoms with Gasteiger partial charge in [-0.15, -0.1) is 0 Å². The van der Waals surface area contributed by atoms with Crippen LogP contribution in [0.5, 0.6) is 0 Å². The minimum absolute atomic E-state index is 0.213. The number of hydrogen-bond donors (Lipinski definition) is 1. The van der Waals surface area contributed by atoms with Crippen LogP contribution in [0.4, 0.5) is 27.8 Å².